The maximum atomic E-state index is 13.6. The van der Waals surface area contributed by atoms with Crippen molar-refractivity contribution >= 4 is 11.9 Å². The van der Waals surface area contributed by atoms with Crippen LogP contribution in [-0.4, -0.2) is 56.1 Å². The molecule has 1 heterocycles. The number of halogens is 1. The van der Waals surface area contributed by atoms with Crippen LogP contribution in [0.3, 0.4) is 0 Å². The van der Waals surface area contributed by atoms with Gasteiger partial charge in [0.1, 0.15) is 6.10 Å². The minimum atomic E-state index is -0.377. The molecule has 1 amide bonds. The number of ether oxygens (including phenoxy) is 1. The first-order chi connectivity index (χ1) is 13.0. The summed E-state index contributed by atoms with van der Waals surface area (Å²) in [7, 11) is 1.67. The largest absolute Gasteiger partial charge is 0.486 e. The van der Waals surface area contributed by atoms with E-state index in [0.717, 1.165) is 19.5 Å². The Morgan fingerprint density at radius 3 is 2.89 bits per heavy atom. The van der Waals surface area contributed by atoms with Gasteiger partial charge in [-0.15, -0.1) is 0 Å². The summed E-state index contributed by atoms with van der Waals surface area (Å²) in [5, 5.41) is 6.28. The van der Waals surface area contributed by atoms with Crippen molar-refractivity contribution in [1.29, 1.82) is 0 Å². The van der Waals surface area contributed by atoms with Crippen molar-refractivity contribution in [3.63, 3.8) is 0 Å². The molecular formula is C20H31FN4O2. The third-order valence-corrected chi connectivity index (χ3v) is 4.59. The Morgan fingerprint density at radius 2 is 2.19 bits per heavy atom. The second-order valence-corrected chi connectivity index (χ2v) is 7.08. The molecule has 1 fully saturated rings. The zero-order valence-corrected chi connectivity index (χ0v) is 16.5. The van der Waals surface area contributed by atoms with Crippen LogP contribution in [-0.2, 0) is 4.79 Å². The number of benzene rings is 1. The molecule has 1 aromatic carbocycles. The van der Waals surface area contributed by atoms with Gasteiger partial charge < -0.3 is 20.3 Å². The summed E-state index contributed by atoms with van der Waals surface area (Å²) in [6, 6.07) is 6.34. The van der Waals surface area contributed by atoms with Gasteiger partial charge in [-0.2, -0.15) is 0 Å². The molecule has 0 spiro atoms. The zero-order valence-electron chi connectivity index (χ0n) is 16.5. The van der Waals surface area contributed by atoms with Gasteiger partial charge in [0.05, 0.1) is 6.54 Å². The van der Waals surface area contributed by atoms with Crippen molar-refractivity contribution < 1.29 is 13.9 Å². The van der Waals surface area contributed by atoms with Crippen molar-refractivity contribution in [3.05, 3.63) is 30.1 Å². The predicted octanol–water partition coefficient (Wildman–Crippen LogP) is 2.41. The topological polar surface area (TPSA) is 66.0 Å². The summed E-state index contributed by atoms with van der Waals surface area (Å²) in [4.78, 5) is 18.4. The van der Waals surface area contributed by atoms with Gasteiger partial charge >= 0.3 is 0 Å². The van der Waals surface area contributed by atoms with Gasteiger partial charge in [0.15, 0.2) is 17.5 Å². The van der Waals surface area contributed by atoms with Crippen LogP contribution in [0.15, 0.2) is 29.3 Å². The van der Waals surface area contributed by atoms with Crippen molar-refractivity contribution in [1.82, 2.24) is 15.5 Å². The maximum Gasteiger partial charge on any atom is 0.224 e. The molecule has 2 atom stereocenters. The molecule has 150 valence electrons. The fraction of sp³-hybridized carbons (Fsp3) is 0.600. The van der Waals surface area contributed by atoms with Crippen LogP contribution in [0, 0.1) is 11.7 Å². The number of carbonyl (C=O) groups excluding carboxylic acids is 1. The van der Waals surface area contributed by atoms with Gasteiger partial charge in [0.2, 0.25) is 5.91 Å². The average Bonchev–Trinajstić information content (AvgIpc) is 2.66. The number of hydrogen-bond donors (Lipinski definition) is 2. The third-order valence-electron chi connectivity index (χ3n) is 4.59. The summed E-state index contributed by atoms with van der Waals surface area (Å²) < 4.78 is 19.2. The Morgan fingerprint density at radius 1 is 1.41 bits per heavy atom. The minimum Gasteiger partial charge on any atom is -0.486 e. The highest BCUT2D eigenvalue weighted by atomic mass is 19.1. The molecule has 0 aromatic heterocycles. The number of likely N-dealkylation sites (tertiary alicyclic amines) is 1. The molecule has 1 aliphatic heterocycles. The van der Waals surface area contributed by atoms with E-state index in [4.69, 9.17) is 4.74 Å². The molecule has 0 aliphatic carbocycles. The zero-order chi connectivity index (χ0) is 19.6. The van der Waals surface area contributed by atoms with E-state index >= 15 is 0 Å². The summed E-state index contributed by atoms with van der Waals surface area (Å²) in [6.07, 6.45) is 2.49. The lowest BCUT2D eigenvalue weighted by atomic mass is 10.00. The quantitative estimate of drug-likeness (QED) is 0.565. The van der Waals surface area contributed by atoms with Crippen molar-refractivity contribution in [2.24, 2.45) is 10.9 Å². The summed E-state index contributed by atoms with van der Waals surface area (Å²) in [6.45, 7) is 6.75. The van der Waals surface area contributed by atoms with Crippen LogP contribution >= 0.6 is 0 Å². The monoisotopic (exact) mass is 378 g/mol. The van der Waals surface area contributed by atoms with E-state index in [-0.39, 0.29) is 23.6 Å². The standard InChI is InChI=1S/C20H31FN4O2/c1-15-7-6-12-25(14-15)19(26)10-11-23-20(22-3)24-13-16(2)27-18-9-5-4-8-17(18)21/h4-5,8-9,15-16H,6-7,10-14H2,1-3H3,(H2,22,23,24). The van der Waals surface area contributed by atoms with E-state index in [9.17, 15) is 9.18 Å². The second-order valence-electron chi connectivity index (χ2n) is 7.08. The van der Waals surface area contributed by atoms with Gasteiger partial charge in [0.25, 0.3) is 0 Å². The first kappa shape index (κ1) is 21.0. The number of hydrogen-bond acceptors (Lipinski definition) is 3. The van der Waals surface area contributed by atoms with Gasteiger partial charge in [0, 0.05) is 33.1 Å². The maximum absolute atomic E-state index is 13.6. The summed E-state index contributed by atoms with van der Waals surface area (Å²) in [5.41, 5.74) is 0. The molecule has 1 aromatic rings. The number of aliphatic imine (C=N–C) groups is 1. The van der Waals surface area contributed by atoms with Gasteiger partial charge in [-0.1, -0.05) is 19.1 Å². The van der Waals surface area contributed by atoms with Crippen LogP contribution in [0.4, 0.5) is 4.39 Å². The molecule has 2 unspecified atom stereocenters. The van der Waals surface area contributed by atoms with E-state index in [0.29, 0.717) is 31.4 Å². The highest BCUT2D eigenvalue weighted by Crippen LogP contribution is 2.17. The normalized spacial score (nSPS) is 18.7. The van der Waals surface area contributed by atoms with Gasteiger partial charge in [-0.3, -0.25) is 9.79 Å². The van der Waals surface area contributed by atoms with E-state index in [1.165, 1.54) is 12.5 Å². The highest BCUT2D eigenvalue weighted by Gasteiger charge is 2.20. The fourth-order valence-electron chi connectivity index (χ4n) is 3.12. The smallest absolute Gasteiger partial charge is 0.224 e. The van der Waals surface area contributed by atoms with Crippen LogP contribution < -0.4 is 15.4 Å². The highest BCUT2D eigenvalue weighted by molar-refractivity contribution is 5.81. The van der Waals surface area contributed by atoms with Gasteiger partial charge in [-0.05, 0) is 37.8 Å². The molecule has 0 saturated carbocycles. The summed E-state index contributed by atoms with van der Waals surface area (Å²) >= 11 is 0. The first-order valence-corrected chi connectivity index (χ1v) is 9.63. The molecule has 27 heavy (non-hydrogen) atoms. The molecule has 6 nitrogen and oxygen atoms in total. The molecule has 1 saturated heterocycles. The van der Waals surface area contributed by atoms with Crippen LogP contribution in [0.1, 0.15) is 33.1 Å². The van der Waals surface area contributed by atoms with E-state index < -0.39 is 0 Å². The lowest BCUT2D eigenvalue weighted by Crippen LogP contribution is -2.44. The van der Waals surface area contributed by atoms with Crippen LogP contribution in [0.5, 0.6) is 5.75 Å². The molecule has 7 heteroatoms. The molecule has 0 bridgehead atoms. The SMILES string of the molecule is CN=C(NCCC(=O)N1CCCC(C)C1)NCC(C)Oc1ccccc1F. The second kappa shape index (κ2) is 10.7. The summed E-state index contributed by atoms with van der Waals surface area (Å²) in [5.74, 6) is 1.22. The number of piperidine rings is 1. The number of carbonyl (C=O) groups is 1. The van der Waals surface area contributed by atoms with Crippen molar-refractivity contribution in [2.75, 3.05) is 33.2 Å². The first-order valence-electron chi connectivity index (χ1n) is 9.63. The molecule has 2 rings (SSSR count). The Hall–Kier alpha value is -2.31. The molecule has 1 aliphatic rings. The van der Waals surface area contributed by atoms with Gasteiger partial charge in [-0.25, -0.2) is 4.39 Å². The molecule has 2 N–H and O–H groups in total. The van der Waals surface area contributed by atoms with E-state index in [1.807, 2.05) is 11.8 Å². The number of amides is 1. The van der Waals surface area contributed by atoms with Crippen molar-refractivity contribution in [2.45, 2.75) is 39.2 Å². The lowest BCUT2D eigenvalue weighted by Gasteiger charge is -2.31. The Balaban J connectivity index is 1.68. The lowest BCUT2D eigenvalue weighted by molar-refractivity contribution is -0.132. The Labute approximate surface area is 161 Å². The number of guanidine groups is 1. The fourth-order valence-corrected chi connectivity index (χ4v) is 3.12. The Kier molecular flexibility index (Phi) is 8.36. The van der Waals surface area contributed by atoms with Crippen LogP contribution in [0.2, 0.25) is 0 Å². The average molecular weight is 378 g/mol. The Bertz CT molecular complexity index is 638. The van der Waals surface area contributed by atoms with E-state index in [2.05, 4.69) is 22.5 Å². The molecular weight excluding hydrogens is 347 g/mol. The number of nitrogens with zero attached hydrogens (tertiary/aromatic N) is 2. The number of para-hydroxylation sites is 1. The van der Waals surface area contributed by atoms with E-state index in [1.54, 1.807) is 25.2 Å². The van der Waals surface area contributed by atoms with Crippen molar-refractivity contribution in [3.8, 4) is 5.75 Å². The third kappa shape index (κ3) is 7.07. The van der Waals surface area contributed by atoms with Crippen LogP contribution in [0.25, 0.3) is 0 Å². The molecule has 0 radical (unpaired) electrons. The predicted molar refractivity (Wildman–Crippen MR) is 105 cm³/mol. The minimum absolute atomic E-state index is 0.181. The number of rotatable bonds is 7. The number of nitrogens with one attached hydrogen (secondary N) is 2.